The molecule has 0 aromatic carbocycles. The van der Waals surface area contributed by atoms with Gasteiger partial charge in [-0.3, -0.25) is 24.2 Å². The number of methoxy groups -OCH3 is 1. The monoisotopic (exact) mass is 899 g/mol. The number of fused-ring (bicyclic) bond motifs is 4. The summed E-state index contributed by atoms with van der Waals surface area (Å²) in [5, 5.41) is 0. The van der Waals surface area contributed by atoms with Gasteiger partial charge in [0.05, 0.1) is 53.6 Å². The van der Waals surface area contributed by atoms with Gasteiger partial charge in [-0.25, -0.2) is 15.0 Å². The van der Waals surface area contributed by atoms with E-state index < -0.39 is 11.9 Å². The van der Waals surface area contributed by atoms with Crippen molar-refractivity contribution < 1.29 is 28.7 Å². The van der Waals surface area contributed by atoms with Crippen LogP contribution in [0.1, 0.15) is 160 Å². The number of nitrogens with zero attached hydrogens (tertiary/aromatic N) is 4. The van der Waals surface area contributed by atoms with Crippen LogP contribution in [0.3, 0.4) is 0 Å². The van der Waals surface area contributed by atoms with Gasteiger partial charge in [-0.05, 0) is 125 Å². The van der Waals surface area contributed by atoms with E-state index in [1.54, 1.807) is 6.92 Å². The molecule has 10 nitrogen and oxygen atoms in total. The number of ketones is 2. The Labute approximate surface area is 394 Å². The van der Waals surface area contributed by atoms with Crippen molar-refractivity contribution >= 4 is 46.4 Å². The molecule has 0 amide bonds. The molecule has 0 N–H and O–H groups in total. The lowest BCUT2D eigenvalue weighted by molar-refractivity contribution is -0.146. The van der Waals surface area contributed by atoms with Crippen molar-refractivity contribution in [2.24, 2.45) is 55.5 Å². The molecular formula is C56H74N4O6. The van der Waals surface area contributed by atoms with Gasteiger partial charge in [0, 0.05) is 40.7 Å². The van der Waals surface area contributed by atoms with Gasteiger partial charge in [0.25, 0.3) is 0 Å². The van der Waals surface area contributed by atoms with Gasteiger partial charge in [-0.15, -0.1) is 0 Å². The summed E-state index contributed by atoms with van der Waals surface area (Å²) in [4.78, 5) is 74.8. The maximum Gasteiger partial charge on any atom is 0.321 e. The van der Waals surface area contributed by atoms with Gasteiger partial charge in [-0.2, -0.15) is 0 Å². The predicted molar refractivity (Wildman–Crippen MR) is 267 cm³/mol. The summed E-state index contributed by atoms with van der Waals surface area (Å²) in [5.74, 6) is -0.996. The van der Waals surface area contributed by atoms with Crippen molar-refractivity contribution in [2.45, 2.75) is 160 Å². The number of esters is 2. The Hall–Kier alpha value is -5.12. The Kier molecular flexibility index (Phi) is 16.9. The summed E-state index contributed by atoms with van der Waals surface area (Å²) < 4.78 is 11.0. The summed E-state index contributed by atoms with van der Waals surface area (Å²) in [5.41, 5.74) is 10.8. The highest BCUT2D eigenvalue weighted by atomic mass is 16.5. The summed E-state index contributed by atoms with van der Waals surface area (Å²) in [6.07, 6.45) is 21.1. The largest absolute Gasteiger partial charge is 0.468 e. The number of hydrogen-bond donors (Lipinski definition) is 0. The first-order chi connectivity index (χ1) is 31.4. The van der Waals surface area contributed by atoms with E-state index in [4.69, 9.17) is 29.4 Å². The van der Waals surface area contributed by atoms with E-state index in [9.17, 15) is 19.2 Å². The molecule has 5 heterocycles. The molecule has 354 valence electrons. The molecule has 1 aliphatic carbocycles. The first-order valence-corrected chi connectivity index (χ1v) is 24.8. The Balaban J connectivity index is 1.18. The highest BCUT2D eigenvalue weighted by Gasteiger charge is 2.51. The molecule has 6 aliphatic rings. The lowest BCUT2D eigenvalue weighted by Crippen LogP contribution is -2.25. The Bertz CT molecular complexity index is 2400. The minimum atomic E-state index is -1.25. The SMILES string of the molecule is CCC1=C(C)C2=CC3=NC(=CC4=NC(=C5C6=NC(=CC1=N2)C(C)=C6C(=O)C5C(=O)OC)C(CCC(=O)OCCC=C(C)CCCC(C)CCCC(C)CCCC(C)C)C4C)C(C)=C3C(C)=O. The van der Waals surface area contributed by atoms with Crippen molar-refractivity contribution in [1.29, 1.82) is 0 Å². The van der Waals surface area contributed by atoms with Crippen LogP contribution in [0.5, 0.6) is 0 Å². The Morgan fingerprint density at radius 2 is 1.39 bits per heavy atom. The van der Waals surface area contributed by atoms with Crippen LogP contribution in [0.2, 0.25) is 0 Å². The summed E-state index contributed by atoms with van der Waals surface area (Å²) in [7, 11) is 1.28. The van der Waals surface area contributed by atoms with Crippen molar-refractivity contribution in [3.63, 3.8) is 0 Å². The molecular weight excluding hydrogens is 825 g/mol. The van der Waals surface area contributed by atoms with Crippen LogP contribution in [0.25, 0.3) is 0 Å². The number of ether oxygens (including phenoxy) is 2. The molecule has 6 rings (SSSR count). The van der Waals surface area contributed by atoms with Crippen LogP contribution in [0.15, 0.2) is 112 Å². The molecule has 5 aliphatic heterocycles. The lowest BCUT2D eigenvalue weighted by Gasteiger charge is -2.20. The average Bonchev–Trinajstić information content (AvgIpc) is 4.01. The second-order valence-electron chi connectivity index (χ2n) is 20.1. The lowest BCUT2D eigenvalue weighted by atomic mass is 9.83. The quantitative estimate of drug-likeness (QED) is 0.0487. The molecule has 1 saturated carbocycles. The summed E-state index contributed by atoms with van der Waals surface area (Å²) >= 11 is 0. The van der Waals surface area contributed by atoms with Gasteiger partial charge >= 0.3 is 11.9 Å². The third kappa shape index (κ3) is 11.2. The highest BCUT2D eigenvalue weighted by Crippen LogP contribution is 2.47. The van der Waals surface area contributed by atoms with Crippen LogP contribution in [0.4, 0.5) is 0 Å². The highest BCUT2D eigenvalue weighted by molar-refractivity contribution is 6.43. The zero-order valence-corrected chi connectivity index (χ0v) is 41.9. The minimum Gasteiger partial charge on any atom is -0.468 e. The van der Waals surface area contributed by atoms with Crippen molar-refractivity contribution in [1.82, 2.24) is 0 Å². The fourth-order valence-corrected chi connectivity index (χ4v) is 10.4. The Morgan fingerprint density at radius 1 is 0.773 bits per heavy atom. The van der Waals surface area contributed by atoms with Crippen LogP contribution in [0, 0.1) is 35.5 Å². The van der Waals surface area contributed by atoms with Crippen molar-refractivity contribution in [2.75, 3.05) is 13.7 Å². The smallest absolute Gasteiger partial charge is 0.321 e. The number of aliphatic imine (C=N–C) groups is 4. The van der Waals surface area contributed by atoms with E-state index in [1.165, 1.54) is 64.0 Å². The summed E-state index contributed by atoms with van der Waals surface area (Å²) in [6.45, 7) is 23.3. The minimum absolute atomic E-state index is 0.105. The van der Waals surface area contributed by atoms with Gasteiger partial charge in [0.1, 0.15) is 5.92 Å². The molecule has 0 saturated heterocycles. The number of Topliss-reactive ketones (excluding diaryl/α,β-unsaturated/α-hetero) is 2. The zero-order chi connectivity index (χ0) is 48.0. The first kappa shape index (κ1) is 50.3. The summed E-state index contributed by atoms with van der Waals surface area (Å²) in [6, 6.07) is 0. The van der Waals surface area contributed by atoms with E-state index in [2.05, 4.69) is 47.6 Å². The Morgan fingerprint density at radius 3 is 2.05 bits per heavy atom. The average molecular weight is 899 g/mol. The van der Waals surface area contributed by atoms with E-state index >= 15 is 0 Å². The zero-order valence-electron chi connectivity index (χ0n) is 41.9. The second kappa shape index (κ2) is 22.1. The molecule has 0 spiro atoms. The molecule has 0 aromatic rings. The number of rotatable bonds is 21. The van der Waals surface area contributed by atoms with Gasteiger partial charge < -0.3 is 9.47 Å². The fraction of sp³-hybridized carbons (Fsp3) is 0.571. The van der Waals surface area contributed by atoms with Gasteiger partial charge in [-0.1, -0.05) is 98.1 Å². The maximum atomic E-state index is 14.4. The van der Waals surface area contributed by atoms with Crippen LogP contribution in [-0.2, 0) is 28.7 Å². The number of carbonyl (C=O) groups excluding carboxylic acids is 4. The molecule has 1 fully saturated rings. The molecule has 0 aromatic heterocycles. The predicted octanol–water partition coefficient (Wildman–Crippen LogP) is 12.4. The van der Waals surface area contributed by atoms with Crippen molar-refractivity contribution in [3.05, 3.63) is 91.7 Å². The van der Waals surface area contributed by atoms with E-state index in [0.717, 1.165) is 46.6 Å². The molecule has 66 heavy (non-hydrogen) atoms. The third-order valence-corrected chi connectivity index (χ3v) is 14.5. The van der Waals surface area contributed by atoms with E-state index in [0.29, 0.717) is 88.1 Å². The topological polar surface area (TPSA) is 136 Å². The molecule has 0 radical (unpaired) electrons. The van der Waals surface area contributed by atoms with Crippen LogP contribution >= 0.6 is 0 Å². The standard InChI is InChI=1S/C56H74N4O6/c1-13-40-35(7)42-30-47-49(39(11)61)37(9)44(58-47)28-43-36(8)41(53(59-43)51-52(56(64)65-12)55(63)50-38(10)45(60-54(50)51)29-46(40)57-42)25-26-48(62)66-27-17-24-34(6)23-16-22-33(5)21-15-20-32(4)19-14-18-31(2)3/h24,28-33,36,41,52H,13-23,25-27H2,1-12H3. The number of hydrogen-bond acceptors (Lipinski definition) is 10. The third-order valence-electron chi connectivity index (χ3n) is 14.5. The molecule has 10 heteroatoms. The maximum absolute atomic E-state index is 14.4. The fourth-order valence-electron chi connectivity index (χ4n) is 10.4. The molecule has 5 unspecified atom stereocenters. The van der Waals surface area contributed by atoms with Crippen LogP contribution in [-0.4, -0.2) is 60.1 Å². The number of allylic oxidation sites excluding steroid dienone is 11. The first-order valence-electron chi connectivity index (χ1n) is 24.8. The van der Waals surface area contributed by atoms with E-state index in [-0.39, 0.29) is 35.8 Å². The molecule has 5 atom stereocenters. The van der Waals surface area contributed by atoms with Gasteiger partial charge in [0.2, 0.25) is 0 Å². The number of carbonyl (C=O) groups is 4. The van der Waals surface area contributed by atoms with Gasteiger partial charge in [0.15, 0.2) is 11.6 Å². The van der Waals surface area contributed by atoms with E-state index in [1.807, 2.05) is 45.9 Å². The normalized spacial score (nSPS) is 22.4. The second-order valence-corrected chi connectivity index (χ2v) is 20.1. The van der Waals surface area contributed by atoms with Crippen LogP contribution < -0.4 is 0 Å². The van der Waals surface area contributed by atoms with Crippen molar-refractivity contribution in [3.8, 4) is 0 Å². The molecule has 8 bridgehead atoms.